The molecule has 1 aromatic carbocycles. The van der Waals surface area contributed by atoms with Crippen molar-refractivity contribution in [1.82, 2.24) is 0 Å². The molecule has 0 radical (unpaired) electrons. The highest BCUT2D eigenvalue weighted by Crippen LogP contribution is 2.32. The molecule has 1 aromatic rings. The molecule has 2 atom stereocenters. The van der Waals surface area contributed by atoms with Gasteiger partial charge in [0.25, 0.3) is 0 Å². The summed E-state index contributed by atoms with van der Waals surface area (Å²) in [5.74, 6) is 0. The van der Waals surface area contributed by atoms with Gasteiger partial charge in [0.15, 0.2) is 11.1 Å². The Morgan fingerprint density at radius 3 is 2.46 bits per heavy atom. The summed E-state index contributed by atoms with van der Waals surface area (Å²) in [5, 5.41) is -0.178. The van der Waals surface area contributed by atoms with Crippen molar-refractivity contribution < 1.29 is 8.76 Å². The number of benzene rings is 1. The molecule has 0 saturated carbocycles. The molecule has 1 aliphatic rings. The third-order valence-corrected chi connectivity index (χ3v) is 3.18. The van der Waals surface area contributed by atoms with E-state index < -0.39 is 11.1 Å². The first kappa shape index (κ1) is 8.66. The molecule has 0 spiro atoms. The average Bonchev–Trinajstić information content (AvgIpc) is 2.02. The summed E-state index contributed by atoms with van der Waals surface area (Å²) >= 11 is -1.72. The Bertz CT molecular complexity index is 356. The Kier molecular flexibility index (Phi) is 2.29. The van der Waals surface area contributed by atoms with Crippen molar-refractivity contribution in [2.45, 2.75) is 11.7 Å². The Hall–Kier alpha value is -0.930. The van der Waals surface area contributed by atoms with Crippen LogP contribution in [-0.4, -0.2) is 14.0 Å². The first-order valence-corrected chi connectivity index (χ1v) is 5.31. The predicted molar refractivity (Wildman–Crippen MR) is 53.6 cm³/mol. The van der Waals surface area contributed by atoms with Crippen LogP contribution in [0.2, 0.25) is 0 Å². The Morgan fingerprint density at radius 2 is 2.00 bits per heavy atom. The van der Waals surface area contributed by atoms with E-state index in [-0.39, 0.29) is 5.25 Å². The molecule has 3 heteroatoms. The molecule has 2 unspecified atom stereocenters. The summed E-state index contributed by atoms with van der Waals surface area (Å²) in [6.45, 7) is 0. The second kappa shape index (κ2) is 3.44. The highest BCUT2D eigenvalue weighted by molar-refractivity contribution is 7.80. The van der Waals surface area contributed by atoms with Crippen LogP contribution in [0.25, 0.3) is 5.57 Å². The minimum Gasteiger partial charge on any atom is -0.306 e. The van der Waals surface area contributed by atoms with E-state index in [0.717, 1.165) is 11.1 Å². The van der Waals surface area contributed by atoms with Crippen LogP contribution in [-0.2, 0) is 11.1 Å². The topological polar surface area (TPSA) is 37.3 Å². The standard InChI is InChI=1S/C10H10O2S/c11-13(12)10-7-6-9(10)8-4-2-1-3-5-8/h1-6,10H,7H2,(H,11,12). The molecule has 0 amide bonds. The van der Waals surface area contributed by atoms with Crippen LogP contribution < -0.4 is 0 Å². The van der Waals surface area contributed by atoms with Crippen molar-refractivity contribution in [3.63, 3.8) is 0 Å². The zero-order chi connectivity index (χ0) is 9.26. The minimum atomic E-state index is -1.72. The largest absolute Gasteiger partial charge is 0.306 e. The maximum Gasteiger partial charge on any atom is 0.160 e. The van der Waals surface area contributed by atoms with E-state index in [9.17, 15) is 4.21 Å². The molecule has 2 rings (SSSR count). The summed E-state index contributed by atoms with van der Waals surface area (Å²) in [4.78, 5) is 0. The second-order valence-electron chi connectivity index (χ2n) is 3.03. The van der Waals surface area contributed by atoms with Crippen LogP contribution in [0.1, 0.15) is 12.0 Å². The van der Waals surface area contributed by atoms with E-state index >= 15 is 0 Å². The van der Waals surface area contributed by atoms with Crippen molar-refractivity contribution in [2.24, 2.45) is 0 Å². The quantitative estimate of drug-likeness (QED) is 0.732. The molecule has 0 aromatic heterocycles. The maximum absolute atomic E-state index is 10.8. The lowest BCUT2D eigenvalue weighted by molar-refractivity contribution is 0.555. The van der Waals surface area contributed by atoms with Gasteiger partial charge in [-0.15, -0.1) is 0 Å². The number of rotatable bonds is 2. The Labute approximate surface area is 79.6 Å². The number of hydrogen-bond donors (Lipinski definition) is 1. The van der Waals surface area contributed by atoms with E-state index in [1.165, 1.54) is 0 Å². The normalized spacial score (nSPS) is 23.2. The van der Waals surface area contributed by atoms with Gasteiger partial charge in [-0.1, -0.05) is 36.4 Å². The molecule has 1 aliphatic carbocycles. The number of hydrogen-bond acceptors (Lipinski definition) is 1. The van der Waals surface area contributed by atoms with Crippen LogP contribution in [0.4, 0.5) is 0 Å². The van der Waals surface area contributed by atoms with Crippen molar-refractivity contribution in [3.05, 3.63) is 42.0 Å². The first-order chi connectivity index (χ1) is 6.29. The summed E-state index contributed by atoms with van der Waals surface area (Å²) < 4.78 is 19.8. The van der Waals surface area contributed by atoms with Gasteiger partial charge in [0, 0.05) is 0 Å². The lowest BCUT2D eigenvalue weighted by Crippen LogP contribution is -2.22. The molecule has 68 valence electrons. The molecule has 0 fully saturated rings. The fraction of sp³-hybridized carbons (Fsp3) is 0.200. The third-order valence-electron chi connectivity index (χ3n) is 2.25. The maximum atomic E-state index is 10.8. The fourth-order valence-corrected chi connectivity index (χ4v) is 2.17. The molecule has 2 nitrogen and oxygen atoms in total. The van der Waals surface area contributed by atoms with Gasteiger partial charge in [0.1, 0.15) is 0 Å². The van der Waals surface area contributed by atoms with E-state index in [4.69, 9.17) is 4.55 Å². The molecule has 0 heterocycles. The van der Waals surface area contributed by atoms with Gasteiger partial charge in [-0.25, -0.2) is 4.21 Å². The predicted octanol–water partition coefficient (Wildman–Crippen LogP) is 2.06. The third kappa shape index (κ3) is 1.57. The molecule has 0 saturated heterocycles. The van der Waals surface area contributed by atoms with E-state index in [1.54, 1.807) is 0 Å². The summed E-state index contributed by atoms with van der Waals surface area (Å²) in [6.07, 6.45) is 2.72. The highest BCUT2D eigenvalue weighted by atomic mass is 32.2. The van der Waals surface area contributed by atoms with Crippen LogP contribution in [0.5, 0.6) is 0 Å². The van der Waals surface area contributed by atoms with Crippen molar-refractivity contribution in [1.29, 1.82) is 0 Å². The average molecular weight is 194 g/mol. The first-order valence-electron chi connectivity index (χ1n) is 4.14. The second-order valence-corrected chi connectivity index (χ2v) is 4.15. The summed E-state index contributed by atoms with van der Waals surface area (Å²) in [6, 6.07) is 9.74. The Balaban J connectivity index is 2.25. The highest BCUT2D eigenvalue weighted by Gasteiger charge is 2.27. The van der Waals surface area contributed by atoms with Gasteiger partial charge in [-0.2, -0.15) is 0 Å². The fourth-order valence-electron chi connectivity index (χ4n) is 1.46. The van der Waals surface area contributed by atoms with E-state index in [0.29, 0.717) is 6.42 Å². The van der Waals surface area contributed by atoms with Gasteiger partial charge in [0.05, 0.1) is 5.25 Å². The van der Waals surface area contributed by atoms with Crippen LogP contribution in [0, 0.1) is 0 Å². The van der Waals surface area contributed by atoms with Crippen LogP contribution in [0.3, 0.4) is 0 Å². The molecule has 0 bridgehead atoms. The van der Waals surface area contributed by atoms with Crippen LogP contribution in [0.15, 0.2) is 36.4 Å². The molecular formula is C10H10O2S. The van der Waals surface area contributed by atoms with Crippen molar-refractivity contribution in [2.75, 3.05) is 0 Å². The van der Waals surface area contributed by atoms with Gasteiger partial charge in [0.2, 0.25) is 0 Å². The monoisotopic (exact) mass is 194 g/mol. The summed E-state index contributed by atoms with van der Waals surface area (Å²) in [5.41, 5.74) is 2.06. The minimum absolute atomic E-state index is 0.178. The smallest absolute Gasteiger partial charge is 0.160 e. The van der Waals surface area contributed by atoms with Gasteiger partial charge in [-0.05, 0) is 17.6 Å². The van der Waals surface area contributed by atoms with E-state index in [2.05, 4.69) is 0 Å². The van der Waals surface area contributed by atoms with Crippen molar-refractivity contribution >= 4 is 16.7 Å². The lowest BCUT2D eigenvalue weighted by Gasteiger charge is -2.24. The summed E-state index contributed by atoms with van der Waals surface area (Å²) in [7, 11) is 0. The molecule has 13 heavy (non-hydrogen) atoms. The lowest BCUT2D eigenvalue weighted by atomic mass is 9.91. The molecule has 1 N–H and O–H groups in total. The number of allylic oxidation sites excluding steroid dienone is 1. The zero-order valence-corrected chi connectivity index (χ0v) is 7.83. The Morgan fingerprint density at radius 1 is 1.31 bits per heavy atom. The van der Waals surface area contributed by atoms with Gasteiger partial charge < -0.3 is 4.55 Å². The molecular weight excluding hydrogens is 184 g/mol. The van der Waals surface area contributed by atoms with Crippen molar-refractivity contribution in [3.8, 4) is 0 Å². The molecule has 0 aliphatic heterocycles. The SMILES string of the molecule is O=S(O)C1CC=C1c1ccccc1. The van der Waals surface area contributed by atoms with Gasteiger partial charge >= 0.3 is 0 Å². The van der Waals surface area contributed by atoms with Crippen LogP contribution >= 0.6 is 0 Å². The zero-order valence-electron chi connectivity index (χ0n) is 7.01. The van der Waals surface area contributed by atoms with E-state index in [1.807, 2.05) is 36.4 Å². The van der Waals surface area contributed by atoms with Gasteiger partial charge in [-0.3, -0.25) is 0 Å².